The second-order valence-corrected chi connectivity index (χ2v) is 6.45. The lowest BCUT2D eigenvalue weighted by Gasteiger charge is -2.10. The predicted molar refractivity (Wildman–Crippen MR) is 104 cm³/mol. The minimum Gasteiger partial charge on any atom is -0.456 e. The molecular formula is C21H19NO7. The van der Waals surface area contributed by atoms with Crippen LogP contribution < -0.4 is 14.2 Å². The summed E-state index contributed by atoms with van der Waals surface area (Å²) in [4.78, 5) is 35.7. The van der Waals surface area contributed by atoms with E-state index in [-0.39, 0.29) is 11.5 Å². The molecule has 8 heteroatoms. The highest BCUT2D eigenvalue weighted by Crippen LogP contribution is 2.34. The molecule has 150 valence electrons. The molecule has 0 spiro atoms. The molecule has 0 aliphatic carbocycles. The predicted octanol–water partition coefficient (Wildman–Crippen LogP) is 4.01. The summed E-state index contributed by atoms with van der Waals surface area (Å²) in [6.07, 6.45) is -0.503. The van der Waals surface area contributed by atoms with Gasteiger partial charge in [-0.1, -0.05) is 0 Å². The number of rotatable bonds is 4. The third-order valence-corrected chi connectivity index (χ3v) is 3.75. The third kappa shape index (κ3) is 4.92. The van der Waals surface area contributed by atoms with Crippen LogP contribution in [0.4, 0.5) is 4.79 Å². The monoisotopic (exact) mass is 397 g/mol. The van der Waals surface area contributed by atoms with Gasteiger partial charge in [-0.3, -0.25) is 9.59 Å². The average Bonchev–Trinajstić information content (AvgIpc) is 3.03. The number of benzene rings is 2. The fourth-order valence-corrected chi connectivity index (χ4v) is 2.57. The minimum absolute atomic E-state index is 0.215. The van der Waals surface area contributed by atoms with Crippen molar-refractivity contribution in [3.05, 3.63) is 42.5 Å². The summed E-state index contributed by atoms with van der Waals surface area (Å²) < 4.78 is 21.4. The smallest absolute Gasteiger partial charge is 0.414 e. The Hall–Kier alpha value is -3.81. The van der Waals surface area contributed by atoms with Crippen LogP contribution in [0.2, 0.25) is 0 Å². The van der Waals surface area contributed by atoms with E-state index in [9.17, 15) is 14.4 Å². The number of nitrogens with zero attached hydrogens (tertiary/aromatic N) is 1. The van der Waals surface area contributed by atoms with Crippen molar-refractivity contribution in [1.82, 2.24) is 4.90 Å². The van der Waals surface area contributed by atoms with Crippen LogP contribution in [-0.4, -0.2) is 37.0 Å². The van der Waals surface area contributed by atoms with Gasteiger partial charge in [-0.25, -0.2) is 4.79 Å². The molecule has 2 aromatic carbocycles. The van der Waals surface area contributed by atoms with Gasteiger partial charge in [0.1, 0.15) is 28.6 Å². The summed E-state index contributed by atoms with van der Waals surface area (Å²) in [6, 6.07) is 11.4. The van der Waals surface area contributed by atoms with E-state index in [1.54, 1.807) is 50.5 Å². The number of ether oxygens (including phenoxy) is 3. The first-order valence-corrected chi connectivity index (χ1v) is 8.66. The van der Waals surface area contributed by atoms with Gasteiger partial charge in [-0.05, 0) is 30.3 Å². The van der Waals surface area contributed by atoms with E-state index >= 15 is 0 Å². The molecule has 1 amide bonds. The number of hydrogen-bond donors (Lipinski definition) is 0. The Morgan fingerprint density at radius 3 is 1.97 bits per heavy atom. The first-order chi connectivity index (χ1) is 13.7. The Kier molecular flexibility index (Phi) is 5.54. The molecule has 0 aliphatic heterocycles. The van der Waals surface area contributed by atoms with E-state index in [1.807, 2.05) is 0 Å². The Labute approximate surface area is 166 Å². The summed E-state index contributed by atoms with van der Waals surface area (Å²) in [5.41, 5.74) is 1.04. The van der Waals surface area contributed by atoms with Gasteiger partial charge in [0, 0.05) is 51.0 Å². The molecule has 0 saturated heterocycles. The summed E-state index contributed by atoms with van der Waals surface area (Å²) in [6.45, 7) is 2.55. The van der Waals surface area contributed by atoms with E-state index in [0.717, 1.165) is 5.39 Å². The second kappa shape index (κ2) is 8.05. The van der Waals surface area contributed by atoms with Gasteiger partial charge in [-0.2, -0.15) is 0 Å². The molecule has 0 radical (unpaired) electrons. The third-order valence-electron chi connectivity index (χ3n) is 3.75. The molecule has 0 bridgehead atoms. The van der Waals surface area contributed by atoms with E-state index in [1.165, 1.54) is 24.8 Å². The first kappa shape index (κ1) is 19.9. The van der Waals surface area contributed by atoms with Crippen LogP contribution in [0.5, 0.6) is 17.2 Å². The highest BCUT2D eigenvalue weighted by atomic mass is 16.6. The topological polar surface area (TPSA) is 95.3 Å². The quantitative estimate of drug-likeness (QED) is 0.485. The maximum atomic E-state index is 11.7. The van der Waals surface area contributed by atoms with Crippen molar-refractivity contribution in [2.24, 2.45) is 0 Å². The Bertz CT molecular complexity index is 1060. The van der Waals surface area contributed by atoms with Gasteiger partial charge in [0.15, 0.2) is 0 Å². The van der Waals surface area contributed by atoms with E-state index in [2.05, 4.69) is 0 Å². The van der Waals surface area contributed by atoms with Crippen LogP contribution in [0, 0.1) is 0 Å². The second-order valence-electron chi connectivity index (χ2n) is 6.45. The number of hydrogen-bond acceptors (Lipinski definition) is 7. The molecule has 0 unspecified atom stereocenters. The number of carbonyl (C=O) groups excluding carboxylic acids is 3. The number of carbonyl (C=O) groups is 3. The van der Waals surface area contributed by atoms with E-state index in [4.69, 9.17) is 18.6 Å². The van der Waals surface area contributed by atoms with Crippen molar-refractivity contribution >= 4 is 29.0 Å². The fraction of sp³-hybridized carbons (Fsp3) is 0.190. The molecular weight excluding hydrogens is 378 g/mol. The summed E-state index contributed by atoms with van der Waals surface area (Å²) in [7, 11) is 3.17. The Balaban J connectivity index is 1.99. The highest BCUT2D eigenvalue weighted by Gasteiger charge is 2.14. The van der Waals surface area contributed by atoms with Crippen LogP contribution in [0.1, 0.15) is 13.8 Å². The number of fused-ring (bicyclic) bond motifs is 1. The Morgan fingerprint density at radius 2 is 1.41 bits per heavy atom. The Morgan fingerprint density at radius 1 is 0.793 bits per heavy atom. The van der Waals surface area contributed by atoms with Gasteiger partial charge < -0.3 is 23.5 Å². The molecule has 0 aliphatic rings. The molecule has 8 nitrogen and oxygen atoms in total. The lowest BCUT2D eigenvalue weighted by atomic mass is 10.1. The largest absolute Gasteiger partial charge is 0.456 e. The van der Waals surface area contributed by atoms with Gasteiger partial charge in [0.05, 0.1) is 0 Å². The maximum absolute atomic E-state index is 11.7. The number of amides is 1. The standard InChI is InChI=1S/C21H19NO7/c1-12(23)26-17-7-15(8-18(10-17)27-13(2)24)19-9-14-5-6-16(11-20(14)29-19)28-21(25)22(3)4/h5-11H,1-4H3. The van der Waals surface area contributed by atoms with Crippen molar-refractivity contribution < 1.29 is 33.0 Å². The van der Waals surface area contributed by atoms with Crippen LogP contribution in [-0.2, 0) is 9.59 Å². The molecule has 29 heavy (non-hydrogen) atoms. The van der Waals surface area contributed by atoms with Gasteiger partial charge >= 0.3 is 18.0 Å². The van der Waals surface area contributed by atoms with Gasteiger partial charge in [0.2, 0.25) is 0 Å². The average molecular weight is 397 g/mol. The van der Waals surface area contributed by atoms with Crippen LogP contribution >= 0.6 is 0 Å². The molecule has 0 N–H and O–H groups in total. The van der Waals surface area contributed by atoms with Crippen molar-refractivity contribution in [1.29, 1.82) is 0 Å². The zero-order valence-electron chi connectivity index (χ0n) is 16.3. The zero-order valence-corrected chi connectivity index (χ0v) is 16.3. The number of furan rings is 1. The minimum atomic E-state index is -0.507. The first-order valence-electron chi connectivity index (χ1n) is 8.66. The maximum Gasteiger partial charge on any atom is 0.414 e. The fourth-order valence-electron chi connectivity index (χ4n) is 2.57. The SMILES string of the molecule is CC(=O)Oc1cc(OC(C)=O)cc(-c2cc3ccc(OC(=O)N(C)C)cc3o2)c1. The van der Waals surface area contributed by atoms with Crippen LogP contribution in [0.25, 0.3) is 22.3 Å². The molecule has 0 saturated carbocycles. The van der Waals surface area contributed by atoms with Crippen molar-refractivity contribution in [3.63, 3.8) is 0 Å². The van der Waals surface area contributed by atoms with Gasteiger partial charge in [0.25, 0.3) is 0 Å². The summed E-state index contributed by atoms with van der Waals surface area (Å²) >= 11 is 0. The van der Waals surface area contributed by atoms with Crippen molar-refractivity contribution in [2.75, 3.05) is 14.1 Å². The molecule has 3 aromatic rings. The highest BCUT2D eigenvalue weighted by molar-refractivity contribution is 5.85. The van der Waals surface area contributed by atoms with Crippen molar-refractivity contribution in [3.8, 4) is 28.6 Å². The molecule has 1 heterocycles. The van der Waals surface area contributed by atoms with Crippen LogP contribution in [0.3, 0.4) is 0 Å². The summed E-state index contributed by atoms with van der Waals surface area (Å²) in [5, 5.41) is 0.775. The molecule has 3 rings (SSSR count). The van der Waals surface area contributed by atoms with E-state index in [0.29, 0.717) is 22.7 Å². The molecule has 0 atom stereocenters. The van der Waals surface area contributed by atoms with Crippen LogP contribution in [0.15, 0.2) is 46.9 Å². The van der Waals surface area contributed by atoms with Gasteiger partial charge in [-0.15, -0.1) is 0 Å². The lowest BCUT2D eigenvalue weighted by molar-refractivity contribution is -0.132. The molecule has 1 aromatic heterocycles. The van der Waals surface area contributed by atoms with Crippen molar-refractivity contribution in [2.45, 2.75) is 13.8 Å². The normalized spacial score (nSPS) is 10.5. The lowest BCUT2D eigenvalue weighted by Crippen LogP contribution is -2.25. The zero-order chi connectivity index (χ0) is 21.1. The van der Waals surface area contributed by atoms with E-state index < -0.39 is 18.0 Å². The summed E-state index contributed by atoms with van der Waals surface area (Å²) in [5.74, 6) is 0.213. The number of esters is 2. The molecule has 0 fully saturated rings.